The van der Waals surface area contributed by atoms with Gasteiger partial charge in [-0.25, -0.2) is 0 Å². The van der Waals surface area contributed by atoms with E-state index in [1.807, 2.05) is 19.1 Å². The van der Waals surface area contributed by atoms with Crippen LogP contribution in [0.4, 0.5) is 5.69 Å². The van der Waals surface area contributed by atoms with Gasteiger partial charge < -0.3 is 14.8 Å². The smallest absolute Gasteiger partial charge is 0.276 e. The highest BCUT2D eigenvalue weighted by Gasteiger charge is 2.26. The van der Waals surface area contributed by atoms with Gasteiger partial charge in [0, 0.05) is 23.4 Å². The second-order valence-electron chi connectivity index (χ2n) is 5.46. The van der Waals surface area contributed by atoms with Crippen molar-refractivity contribution in [3.05, 3.63) is 35.2 Å². The first-order valence-electron chi connectivity index (χ1n) is 7.21. The number of carbonyl (C=O) groups is 1. The van der Waals surface area contributed by atoms with Crippen molar-refractivity contribution in [3.63, 3.8) is 0 Å². The van der Waals surface area contributed by atoms with E-state index in [1.165, 1.54) is 0 Å². The first-order valence-corrected chi connectivity index (χ1v) is 7.21. The third kappa shape index (κ3) is 2.77. The molecule has 3 rings (SSSR count). The Hall–Kier alpha value is -2.50. The molecular formula is C16H19N3O3. The Morgan fingerprint density at radius 2 is 1.91 bits per heavy atom. The van der Waals surface area contributed by atoms with E-state index in [4.69, 9.17) is 9.47 Å². The number of rotatable bonds is 5. The van der Waals surface area contributed by atoms with E-state index in [1.54, 1.807) is 20.3 Å². The third-order valence-corrected chi connectivity index (χ3v) is 3.83. The molecule has 0 atom stereocenters. The van der Waals surface area contributed by atoms with Crippen LogP contribution in [0.15, 0.2) is 18.2 Å². The highest BCUT2D eigenvalue weighted by Crippen LogP contribution is 2.39. The van der Waals surface area contributed by atoms with Crippen LogP contribution in [-0.2, 0) is 0 Å². The van der Waals surface area contributed by atoms with Gasteiger partial charge in [-0.05, 0) is 37.5 Å². The predicted octanol–water partition coefficient (Wildman–Crippen LogP) is 2.87. The summed E-state index contributed by atoms with van der Waals surface area (Å²) in [5.74, 6) is 1.51. The summed E-state index contributed by atoms with van der Waals surface area (Å²) in [4.78, 5) is 12.3. The molecule has 1 aliphatic rings. The van der Waals surface area contributed by atoms with Crippen molar-refractivity contribution < 1.29 is 14.3 Å². The molecule has 1 aromatic heterocycles. The molecule has 0 aliphatic heterocycles. The van der Waals surface area contributed by atoms with Gasteiger partial charge in [0.25, 0.3) is 5.91 Å². The second kappa shape index (κ2) is 5.71. The minimum atomic E-state index is -0.238. The molecule has 0 bridgehead atoms. The maximum Gasteiger partial charge on any atom is 0.276 e. The summed E-state index contributed by atoms with van der Waals surface area (Å²) in [6.45, 7) is 1.90. The molecule has 0 unspecified atom stereocenters. The first kappa shape index (κ1) is 14.4. The topological polar surface area (TPSA) is 76.2 Å². The Labute approximate surface area is 128 Å². The maximum absolute atomic E-state index is 12.3. The summed E-state index contributed by atoms with van der Waals surface area (Å²) in [6, 6.07) is 5.40. The van der Waals surface area contributed by atoms with Gasteiger partial charge in [0.15, 0.2) is 17.2 Å². The molecule has 116 valence electrons. The lowest BCUT2D eigenvalue weighted by Crippen LogP contribution is -2.13. The molecule has 22 heavy (non-hydrogen) atoms. The molecule has 2 N–H and O–H groups in total. The molecule has 0 spiro atoms. The number of H-pyrrole nitrogens is 1. The van der Waals surface area contributed by atoms with E-state index in [0.717, 1.165) is 24.1 Å². The summed E-state index contributed by atoms with van der Waals surface area (Å²) < 4.78 is 10.5. The third-order valence-electron chi connectivity index (χ3n) is 3.83. The van der Waals surface area contributed by atoms with Crippen LogP contribution in [0, 0.1) is 6.92 Å². The zero-order valence-electron chi connectivity index (χ0n) is 12.9. The van der Waals surface area contributed by atoms with E-state index in [9.17, 15) is 4.79 Å². The Morgan fingerprint density at radius 1 is 1.23 bits per heavy atom. The normalized spacial score (nSPS) is 13.8. The molecule has 0 radical (unpaired) electrons. The number of hydrogen-bond acceptors (Lipinski definition) is 4. The lowest BCUT2D eigenvalue weighted by molar-refractivity contribution is 0.102. The molecule has 1 fully saturated rings. The van der Waals surface area contributed by atoms with E-state index in [2.05, 4.69) is 15.5 Å². The average molecular weight is 301 g/mol. The number of anilines is 1. The lowest BCUT2D eigenvalue weighted by atomic mass is 10.1. The maximum atomic E-state index is 12.3. The van der Waals surface area contributed by atoms with Crippen LogP contribution in [-0.4, -0.2) is 30.3 Å². The second-order valence-corrected chi connectivity index (χ2v) is 5.46. The van der Waals surface area contributed by atoms with Crippen molar-refractivity contribution >= 4 is 11.6 Å². The van der Waals surface area contributed by atoms with E-state index in [-0.39, 0.29) is 5.91 Å². The number of aromatic nitrogens is 2. The van der Waals surface area contributed by atoms with Gasteiger partial charge in [0.2, 0.25) is 0 Å². The number of methoxy groups -OCH3 is 2. The van der Waals surface area contributed by atoms with Crippen molar-refractivity contribution in [1.29, 1.82) is 0 Å². The molecule has 6 heteroatoms. The standard InChI is InChI=1S/C16H19N3O3/c1-9-6-14(21-2)15(22-3)8-11(9)17-16(20)13-7-12(18-19-13)10-4-5-10/h6-8,10H,4-5H2,1-3H3,(H,17,20)(H,18,19). The van der Waals surface area contributed by atoms with Gasteiger partial charge in [-0.3, -0.25) is 9.89 Å². The van der Waals surface area contributed by atoms with Crippen molar-refractivity contribution in [3.8, 4) is 11.5 Å². The fourth-order valence-corrected chi connectivity index (χ4v) is 2.36. The zero-order chi connectivity index (χ0) is 15.7. The average Bonchev–Trinajstić information content (AvgIpc) is 3.25. The minimum Gasteiger partial charge on any atom is -0.493 e. The molecule has 0 saturated heterocycles. The Morgan fingerprint density at radius 3 is 2.55 bits per heavy atom. The van der Waals surface area contributed by atoms with Crippen LogP contribution in [0.25, 0.3) is 0 Å². The number of carbonyl (C=O) groups excluding carboxylic acids is 1. The molecular weight excluding hydrogens is 282 g/mol. The van der Waals surface area contributed by atoms with Gasteiger partial charge in [-0.1, -0.05) is 0 Å². The number of hydrogen-bond donors (Lipinski definition) is 2. The number of nitrogens with zero attached hydrogens (tertiary/aromatic N) is 1. The Bertz CT molecular complexity index is 705. The van der Waals surface area contributed by atoms with Crippen molar-refractivity contribution in [1.82, 2.24) is 10.2 Å². The Kier molecular flexibility index (Phi) is 3.75. The summed E-state index contributed by atoms with van der Waals surface area (Å²) in [7, 11) is 3.15. The van der Waals surface area contributed by atoms with Crippen molar-refractivity contribution in [2.75, 3.05) is 19.5 Å². The van der Waals surface area contributed by atoms with Gasteiger partial charge in [-0.15, -0.1) is 0 Å². The number of aryl methyl sites for hydroxylation is 1. The highest BCUT2D eigenvalue weighted by molar-refractivity contribution is 6.03. The summed E-state index contributed by atoms with van der Waals surface area (Å²) in [6.07, 6.45) is 2.33. The van der Waals surface area contributed by atoms with Crippen LogP contribution in [0.2, 0.25) is 0 Å². The van der Waals surface area contributed by atoms with E-state index < -0.39 is 0 Å². The summed E-state index contributed by atoms with van der Waals surface area (Å²) >= 11 is 0. The van der Waals surface area contributed by atoms with Crippen LogP contribution in [0.1, 0.15) is 40.5 Å². The lowest BCUT2D eigenvalue weighted by Gasteiger charge is -2.13. The van der Waals surface area contributed by atoms with Crippen LogP contribution in [0.3, 0.4) is 0 Å². The van der Waals surface area contributed by atoms with Crippen LogP contribution >= 0.6 is 0 Å². The zero-order valence-corrected chi connectivity index (χ0v) is 12.9. The fraction of sp³-hybridized carbons (Fsp3) is 0.375. The van der Waals surface area contributed by atoms with E-state index in [0.29, 0.717) is 28.8 Å². The number of ether oxygens (including phenoxy) is 2. The predicted molar refractivity (Wildman–Crippen MR) is 82.8 cm³/mol. The molecule has 6 nitrogen and oxygen atoms in total. The molecule has 1 aromatic carbocycles. The number of aromatic amines is 1. The molecule has 1 saturated carbocycles. The summed E-state index contributed by atoms with van der Waals surface area (Å²) in [5, 5.41) is 9.89. The SMILES string of the molecule is COc1cc(C)c(NC(=O)c2cc(C3CC3)[nH]n2)cc1OC. The number of benzene rings is 1. The minimum absolute atomic E-state index is 0.238. The van der Waals surface area contributed by atoms with E-state index >= 15 is 0 Å². The van der Waals surface area contributed by atoms with Gasteiger partial charge in [-0.2, -0.15) is 5.10 Å². The van der Waals surface area contributed by atoms with Crippen LogP contribution in [0.5, 0.6) is 11.5 Å². The number of amides is 1. The van der Waals surface area contributed by atoms with Crippen LogP contribution < -0.4 is 14.8 Å². The van der Waals surface area contributed by atoms with Crippen molar-refractivity contribution in [2.45, 2.75) is 25.7 Å². The molecule has 1 amide bonds. The molecule has 2 aromatic rings. The largest absolute Gasteiger partial charge is 0.493 e. The highest BCUT2D eigenvalue weighted by atomic mass is 16.5. The quantitative estimate of drug-likeness (QED) is 0.890. The fourth-order valence-electron chi connectivity index (χ4n) is 2.36. The van der Waals surface area contributed by atoms with Gasteiger partial charge in [0.05, 0.1) is 14.2 Å². The van der Waals surface area contributed by atoms with Gasteiger partial charge in [0.1, 0.15) is 0 Å². The monoisotopic (exact) mass is 301 g/mol. The van der Waals surface area contributed by atoms with Gasteiger partial charge >= 0.3 is 0 Å². The van der Waals surface area contributed by atoms with Crippen molar-refractivity contribution in [2.24, 2.45) is 0 Å². The Balaban J connectivity index is 1.80. The first-order chi connectivity index (χ1) is 10.6. The molecule has 1 aliphatic carbocycles. The molecule has 1 heterocycles. The summed E-state index contributed by atoms with van der Waals surface area (Å²) in [5.41, 5.74) is 3.01. The number of nitrogens with one attached hydrogen (secondary N) is 2.